The first-order chi connectivity index (χ1) is 15.4. The normalized spacial score (nSPS) is 17.5. The lowest BCUT2D eigenvalue weighted by molar-refractivity contribution is -0.122. The zero-order chi connectivity index (χ0) is 22.7. The Morgan fingerprint density at radius 2 is 1.91 bits per heavy atom. The number of fused-ring (bicyclic) bond motifs is 2. The van der Waals surface area contributed by atoms with Gasteiger partial charge >= 0.3 is 0 Å². The summed E-state index contributed by atoms with van der Waals surface area (Å²) >= 11 is 0. The molecule has 2 amide bonds. The molecule has 2 aromatic carbocycles. The summed E-state index contributed by atoms with van der Waals surface area (Å²) in [7, 11) is -3.74. The molecule has 170 valence electrons. The highest BCUT2D eigenvalue weighted by Gasteiger charge is 2.26. The molecule has 0 bridgehead atoms. The van der Waals surface area contributed by atoms with Crippen molar-refractivity contribution in [3.05, 3.63) is 59.2 Å². The first-order valence-electron chi connectivity index (χ1n) is 11.2. The number of amides is 2. The maximum Gasteiger partial charge on any atom is 0.240 e. The van der Waals surface area contributed by atoms with Crippen LogP contribution in [0.4, 0.5) is 5.69 Å². The number of carbonyl (C=O) groups excluding carboxylic acids is 2. The van der Waals surface area contributed by atoms with Gasteiger partial charge in [-0.2, -0.15) is 0 Å². The predicted molar refractivity (Wildman–Crippen MR) is 123 cm³/mol. The molecule has 1 atom stereocenters. The number of hydrogen-bond donors (Lipinski definition) is 2. The van der Waals surface area contributed by atoms with Crippen LogP contribution in [0.25, 0.3) is 0 Å². The number of hydrogen-bond acceptors (Lipinski definition) is 4. The monoisotopic (exact) mass is 455 g/mol. The van der Waals surface area contributed by atoms with Crippen LogP contribution in [0.2, 0.25) is 0 Å². The molecular formula is C24H29N3O4S. The van der Waals surface area contributed by atoms with Crippen LogP contribution in [0, 0.1) is 0 Å². The van der Waals surface area contributed by atoms with Crippen LogP contribution < -0.4 is 14.9 Å². The third-order valence-corrected chi connectivity index (χ3v) is 7.67. The average Bonchev–Trinajstić information content (AvgIpc) is 3.22. The molecule has 0 aromatic heterocycles. The van der Waals surface area contributed by atoms with Crippen molar-refractivity contribution < 1.29 is 18.0 Å². The molecule has 7 nitrogen and oxygen atoms in total. The number of nitrogens with one attached hydrogen (secondary N) is 2. The number of aryl methyl sites for hydroxylation is 1. The average molecular weight is 456 g/mol. The minimum atomic E-state index is -3.74. The first-order valence-corrected chi connectivity index (χ1v) is 12.7. The molecule has 1 aliphatic heterocycles. The Kier molecular flexibility index (Phi) is 6.62. The van der Waals surface area contributed by atoms with Crippen molar-refractivity contribution >= 4 is 27.5 Å². The second-order valence-electron chi connectivity index (χ2n) is 8.30. The highest BCUT2D eigenvalue weighted by atomic mass is 32.2. The van der Waals surface area contributed by atoms with E-state index in [2.05, 4.69) is 16.1 Å². The third kappa shape index (κ3) is 4.71. The smallest absolute Gasteiger partial charge is 0.240 e. The van der Waals surface area contributed by atoms with Crippen molar-refractivity contribution in [2.75, 3.05) is 18.0 Å². The molecule has 0 spiro atoms. The molecule has 1 heterocycles. The molecule has 8 heteroatoms. The van der Waals surface area contributed by atoms with Crippen LogP contribution in [0.1, 0.15) is 55.3 Å². The van der Waals surface area contributed by atoms with E-state index in [4.69, 9.17) is 0 Å². The van der Waals surface area contributed by atoms with Gasteiger partial charge < -0.3 is 10.2 Å². The Balaban J connectivity index is 1.33. The van der Waals surface area contributed by atoms with Gasteiger partial charge in [-0.15, -0.1) is 0 Å². The largest absolute Gasteiger partial charge is 0.349 e. The summed E-state index contributed by atoms with van der Waals surface area (Å²) in [5.74, 6) is -0.138. The van der Waals surface area contributed by atoms with E-state index in [1.807, 2.05) is 25.1 Å². The summed E-state index contributed by atoms with van der Waals surface area (Å²) in [4.78, 5) is 26.3. The van der Waals surface area contributed by atoms with Gasteiger partial charge in [-0.05, 0) is 60.6 Å². The molecule has 2 aromatic rings. The van der Waals surface area contributed by atoms with E-state index in [0.717, 1.165) is 36.1 Å². The van der Waals surface area contributed by atoms with Gasteiger partial charge in [0.1, 0.15) is 0 Å². The van der Waals surface area contributed by atoms with Crippen molar-refractivity contribution in [3.8, 4) is 0 Å². The fourth-order valence-corrected chi connectivity index (χ4v) is 5.63. The second kappa shape index (κ2) is 9.42. The number of nitrogens with zero attached hydrogens (tertiary/aromatic N) is 1. The van der Waals surface area contributed by atoms with E-state index in [1.165, 1.54) is 11.6 Å². The molecule has 0 fully saturated rings. The van der Waals surface area contributed by atoms with Crippen molar-refractivity contribution in [1.29, 1.82) is 0 Å². The van der Waals surface area contributed by atoms with Crippen molar-refractivity contribution in [3.63, 3.8) is 0 Å². The molecule has 32 heavy (non-hydrogen) atoms. The Labute approximate surface area is 189 Å². The van der Waals surface area contributed by atoms with Gasteiger partial charge in [0.25, 0.3) is 0 Å². The van der Waals surface area contributed by atoms with E-state index in [0.29, 0.717) is 19.4 Å². The number of anilines is 1. The summed E-state index contributed by atoms with van der Waals surface area (Å²) in [6, 6.07) is 12.9. The van der Waals surface area contributed by atoms with Gasteiger partial charge in [-0.1, -0.05) is 31.2 Å². The Morgan fingerprint density at radius 3 is 2.72 bits per heavy atom. The second-order valence-corrected chi connectivity index (χ2v) is 10.1. The minimum Gasteiger partial charge on any atom is -0.349 e. The van der Waals surface area contributed by atoms with Gasteiger partial charge in [0, 0.05) is 31.6 Å². The fourth-order valence-electron chi connectivity index (χ4n) is 4.55. The molecule has 0 saturated carbocycles. The quantitative estimate of drug-likeness (QED) is 0.671. The number of sulfonamides is 1. The van der Waals surface area contributed by atoms with Gasteiger partial charge in [0.05, 0.1) is 10.9 Å². The van der Waals surface area contributed by atoms with Crippen LogP contribution >= 0.6 is 0 Å². The molecule has 4 rings (SSSR count). The maximum absolute atomic E-state index is 12.7. The topological polar surface area (TPSA) is 95.6 Å². The zero-order valence-corrected chi connectivity index (χ0v) is 19.1. The maximum atomic E-state index is 12.7. The number of benzene rings is 2. The van der Waals surface area contributed by atoms with Crippen molar-refractivity contribution in [1.82, 2.24) is 10.0 Å². The van der Waals surface area contributed by atoms with E-state index < -0.39 is 10.0 Å². The SMILES string of the molecule is CCC(=O)N1CCc2cc(S(=O)(=O)NCCC(=O)N[C@@H]3CCCc4ccccc43)ccc21. The van der Waals surface area contributed by atoms with E-state index in [-0.39, 0.29) is 35.7 Å². The van der Waals surface area contributed by atoms with E-state index >= 15 is 0 Å². The fraction of sp³-hybridized carbons (Fsp3) is 0.417. The molecule has 0 unspecified atom stereocenters. The van der Waals surface area contributed by atoms with Crippen molar-refractivity contribution in [2.24, 2.45) is 0 Å². The van der Waals surface area contributed by atoms with Crippen LogP contribution in [0.15, 0.2) is 47.4 Å². The molecule has 0 saturated heterocycles. The lowest BCUT2D eigenvalue weighted by Crippen LogP contribution is -2.34. The summed E-state index contributed by atoms with van der Waals surface area (Å²) in [6.45, 7) is 2.41. The van der Waals surface area contributed by atoms with Crippen LogP contribution in [0.3, 0.4) is 0 Å². The van der Waals surface area contributed by atoms with Crippen molar-refractivity contribution in [2.45, 2.75) is 56.4 Å². The Hall–Kier alpha value is -2.71. The molecule has 2 aliphatic rings. The Bertz CT molecular complexity index is 1130. The van der Waals surface area contributed by atoms with Gasteiger partial charge in [0.15, 0.2) is 0 Å². The van der Waals surface area contributed by atoms with Gasteiger partial charge in [0.2, 0.25) is 21.8 Å². The standard InChI is InChI=1S/C24H29N3O4S/c1-2-24(29)27-15-13-18-16-19(10-11-22(18)27)32(30,31)25-14-12-23(28)26-21-9-5-7-17-6-3-4-8-20(17)21/h3-4,6,8,10-11,16,21,25H,2,5,7,9,12-15H2,1H3,(H,26,28)/t21-/m1/s1. The molecule has 1 aliphatic carbocycles. The van der Waals surface area contributed by atoms with E-state index in [9.17, 15) is 18.0 Å². The van der Waals surface area contributed by atoms with Crippen LogP contribution in [-0.4, -0.2) is 33.3 Å². The molecular weight excluding hydrogens is 426 g/mol. The molecule has 2 N–H and O–H groups in total. The number of rotatable bonds is 7. The van der Waals surface area contributed by atoms with Crippen LogP contribution in [0.5, 0.6) is 0 Å². The predicted octanol–water partition coefficient (Wildman–Crippen LogP) is 2.85. The Morgan fingerprint density at radius 1 is 1.09 bits per heavy atom. The highest BCUT2D eigenvalue weighted by Crippen LogP contribution is 2.31. The first kappa shape index (κ1) is 22.5. The van der Waals surface area contributed by atoms with Crippen LogP contribution in [-0.2, 0) is 32.5 Å². The molecule has 0 radical (unpaired) electrons. The summed E-state index contributed by atoms with van der Waals surface area (Å²) in [6.07, 6.45) is 4.05. The van der Waals surface area contributed by atoms with E-state index in [1.54, 1.807) is 17.0 Å². The third-order valence-electron chi connectivity index (χ3n) is 6.21. The lowest BCUT2D eigenvalue weighted by atomic mass is 9.88. The summed E-state index contributed by atoms with van der Waals surface area (Å²) < 4.78 is 28.0. The summed E-state index contributed by atoms with van der Waals surface area (Å²) in [5.41, 5.74) is 4.05. The number of carbonyl (C=O) groups is 2. The summed E-state index contributed by atoms with van der Waals surface area (Å²) in [5, 5.41) is 3.04. The van der Waals surface area contributed by atoms with Gasteiger partial charge in [-0.25, -0.2) is 13.1 Å². The highest BCUT2D eigenvalue weighted by molar-refractivity contribution is 7.89. The minimum absolute atomic E-state index is 0.0189. The van der Waals surface area contributed by atoms with Gasteiger partial charge in [-0.3, -0.25) is 9.59 Å². The lowest BCUT2D eigenvalue weighted by Gasteiger charge is -2.26. The zero-order valence-electron chi connectivity index (χ0n) is 18.3.